The molecule has 2 aromatic heterocycles. The van der Waals surface area contributed by atoms with E-state index in [0.29, 0.717) is 9.90 Å². The topological polar surface area (TPSA) is 80.3 Å². The summed E-state index contributed by atoms with van der Waals surface area (Å²) >= 11 is 8.17. The highest BCUT2D eigenvalue weighted by Gasteiger charge is 2.31. The number of nitrogens with one attached hydrogen (secondary N) is 1. The van der Waals surface area contributed by atoms with Gasteiger partial charge in [0.15, 0.2) is 9.84 Å². The van der Waals surface area contributed by atoms with Crippen molar-refractivity contribution in [3.05, 3.63) is 69.2 Å². The number of hydrogen-bond donors (Lipinski definition) is 1. The zero-order valence-electron chi connectivity index (χ0n) is 13.2. The van der Waals surface area contributed by atoms with Crippen molar-refractivity contribution in [2.45, 2.75) is 14.4 Å². The summed E-state index contributed by atoms with van der Waals surface area (Å²) in [6.45, 7) is -0.258. The van der Waals surface area contributed by atoms with Crippen molar-refractivity contribution in [3.8, 4) is 0 Å². The molecule has 1 atom stereocenters. The van der Waals surface area contributed by atoms with Crippen LogP contribution in [0.2, 0.25) is 5.02 Å². The van der Waals surface area contributed by atoms with Crippen molar-refractivity contribution in [1.82, 2.24) is 4.72 Å². The van der Waals surface area contributed by atoms with Crippen LogP contribution in [0.4, 0.5) is 0 Å². The van der Waals surface area contributed by atoms with E-state index in [1.54, 1.807) is 29.0 Å². The van der Waals surface area contributed by atoms with Gasteiger partial charge in [-0.3, -0.25) is 0 Å². The molecule has 0 fully saturated rings. The van der Waals surface area contributed by atoms with Gasteiger partial charge < -0.3 is 0 Å². The predicted molar refractivity (Wildman–Crippen MR) is 105 cm³/mol. The van der Waals surface area contributed by atoms with E-state index in [9.17, 15) is 16.8 Å². The van der Waals surface area contributed by atoms with Crippen LogP contribution < -0.4 is 4.72 Å². The zero-order chi connectivity index (χ0) is 18.8. The minimum Gasteiger partial charge on any atom is -0.223 e. The summed E-state index contributed by atoms with van der Waals surface area (Å²) in [5, 5.41) is 2.80. The van der Waals surface area contributed by atoms with Crippen LogP contribution in [0.25, 0.3) is 0 Å². The minimum atomic E-state index is -3.80. The van der Waals surface area contributed by atoms with Crippen molar-refractivity contribution in [3.63, 3.8) is 0 Å². The first-order chi connectivity index (χ1) is 12.3. The summed E-state index contributed by atoms with van der Waals surface area (Å²) < 4.78 is 53.5. The molecule has 3 aromatic rings. The second-order valence-corrected chi connectivity index (χ2v) is 11.8. The van der Waals surface area contributed by atoms with Gasteiger partial charge in [-0.05, 0) is 47.2 Å². The van der Waals surface area contributed by atoms with Gasteiger partial charge in [0.1, 0.15) is 9.46 Å². The summed E-state index contributed by atoms with van der Waals surface area (Å²) in [5.41, 5.74) is 0. The summed E-state index contributed by atoms with van der Waals surface area (Å²) in [5.74, 6) is 0. The summed E-state index contributed by atoms with van der Waals surface area (Å²) in [6, 6.07) is 12.4. The first kappa shape index (κ1) is 19.5. The normalized spacial score (nSPS) is 13.6. The van der Waals surface area contributed by atoms with E-state index in [2.05, 4.69) is 4.72 Å². The van der Waals surface area contributed by atoms with Gasteiger partial charge in [0.2, 0.25) is 10.0 Å². The molecule has 3 rings (SSSR count). The van der Waals surface area contributed by atoms with Gasteiger partial charge in [-0.2, -0.15) is 0 Å². The Bertz CT molecular complexity index is 1060. The molecule has 0 bridgehead atoms. The fourth-order valence-corrected chi connectivity index (χ4v) is 7.40. The summed E-state index contributed by atoms with van der Waals surface area (Å²) in [6.07, 6.45) is 0. The molecule has 2 heterocycles. The van der Waals surface area contributed by atoms with Crippen molar-refractivity contribution >= 4 is 54.1 Å². The number of rotatable bonds is 7. The Labute approximate surface area is 165 Å². The lowest BCUT2D eigenvalue weighted by Crippen LogP contribution is -2.31. The third-order valence-corrected chi connectivity index (χ3v) is 9.90. The maximum atomic E-state index is 13.1. The third-order valence-electron chi connectivity index (χ3n) is 3.60. The predicted octanol–water partition coefficient (Wildman–Crippen LogP) is 3.96. The molecule has 26 heavy (non-hydrogen) atoms. The molecular formula is C16H14ClNO4S4. The molecule has 0 radical (unpaired) electrons. The van der Waals surface area contributed by atoms with Gasteiger partial charge >= 0.3 is 0 Å². The van der Waals surface area contributed by atoms with Gasteiger partial charge in [-0.25, -0.2) is 21.6 Å². The SMILES string of the molecule is O=S(=O)(NC[C@H](c1cccs1)S(=O)(=O)c1ccc(Cl)cc1)c1cccs1. The number of sulfonamides is 1. The molecule has 0 amide bonds. The molecule has 138 valence electrons. The Hall–Kier alpha value is -1.23. The molecule has 0 saturated heterocycles. The van der Waals surface area contributed by atoms with Gasteiger partial charge in [-0.15, -0.1) is 22.7 Å². The number of halogens is 1. The van der Waals surface area contributed by atoms with Gasteiger partial charge in [0.25, 0.3) is 0 Å². The number of thiophene rings is 2. The lowest BCUT2D eigenvalue weighted by atomic mass is 10.3. The largest absolute Gasteiger partial charge is 0.250 e. The molecule has 0 aliphatic heterocycles. The summed E-state index contributed by atoms with van der Waals surface area (Å²) in [4.78, 5) is 0.657. The Balaban J connectivity index is 1.93. The quantitative estimate of drug-likeness (QED) is 0.594. The van der Waals surface area contributed by atoms with E-state index in [0.717, 1.165) is 11.3 Å². The maximum absolute atomic E-state index is 13.1. The van der Waals surface area contributed by atoms with Crippen molar-refractivity contribution < 1.29 is 16.8 Å². The lowest BCUT2D eigenvalue weighted by molar-refractivity contribution is 0.571. The molecule has 0 unspecified atom stereocenters. The Kier molecular flexibility index (Phi) is 5.85. The second-order valence-electron chi connectivity index (χ2n) is 5.29. The number of sulfone groups is 1. The highest BCUT2D eigenvalue weighted by molar-refractivity contribution is 7.92. The van der Waals surface area contributed by atoms with Crippen LogP contribution in [0.3, 0.4) is 0 Å². The van der Waals surface area contributed by atoms with Crippen LogP contribution in [0.15, 0.2) is 68.4 Å². The van der Waals surface area contributed by atoms with Crippen LogP contribution in [0.1, 0.15) is 10.1 Å². The maximum Gasteiger partial charge on any atom is 0.250 e. The Morgan fingerprint density at radius 2 is 1.58 bits per heavy atom. The molecule has 10 heteroatoms. The van der Waals surface area contributed by atoms with Crippen LogP contribution in [0, 0.1) is 0 Å². The Morgan fingerprint density at radius 3 is 2.15 bits per heavy atom. The standard InChI is InChI=1S/C16H14ClNO4S4/c17-12-5-7-13(8-6-12)25(19,20)15(14-3-1-9-23-14)11-18-26(21,22)16-4-2-10-24-16/h1-10,15,18H,11H2/t15-/m1/s1. The monoisotopic (exact) mass is 447 g/mol. The second kappa shape index (κ2) is 7.79. The van der Waals surface area contributed by atoms with Gasteiger partial charge in [0.05, 0.1) is 4.90 Å². The fraction of sp³-hybridized carbons (Fsp3) is 0.125. The van der Waals surface area contributed by atoms with E-state index in [4.69, 9.17) is 11.6 Å². The van der Waals surface area contributed by atoms with Crippen molar-refractivity contribution in [2.24, 2.45) is 0 Å². The van der Waals surface area contributed by atoms with Crippen LogP contribution >= 0.6 is 34.3 Å². The van der Waals surface area contributed by atoms with Crippen LogP contribution in [-0.2, 0) is 19.9 Å². The number of hydrogen-bond acceptors (Lipinski definition) is 6. The van der Waals surface area contributed by atoms with Crippen molar-refractivity contribution in [2.75, 3.05) is 6.54 Å². The fourth-order valence-electron chi connectivity index (χ4n) is 2.30. The first-order valence-corrected chi connectivity index (χ1v) is 12.5. The molecule has 0 aliphatic rings. The van der Waals surface area contributed by atoms with Gasteiger partial charge in [0, 0.05) is 16.4 Å². The van der Waals surface area contributed by atoms with Crippen LogP contribution in [0.5, 0.6) is 0 Å². The molecule has 5 nitrogen and oxygen atoms in total. The van der Waals surface area contributed by atoms with E-state index in [-0.39, 0.29) is 15.6 Å². The van der Waals surface area contributed by atoms with Crippen molar-refractivity contribution in [1.29, 1.82) is 0 Å². The van der Waals surface area contributed by atoms with E-state index in [1.165, 1.54) is 41.7 Å². The smallest absolute Gasteiger partial charge is 0.223 e. The van der Waals surface area contributed by atoms with E-state index < -0.39 is 25.1 Å². The highest BCUT2D eigenvalue weighted by Crippen LogP contribution is 2.32. The molecular weight excluding hydrogens is 434 g/mol. The molecule has 0 aliphatic carbocycles. The highest BCUT2D eigenvalue weighted by atomic mass is 35.5. The molecule has 0 saturated carbocycles. The number of benzene rings is 1. The zero-order valence-corrected chi connectivity index (χ0v) is 17.2. The third kappa shape index (κ3) is 4.19. The molecule has 1 aromatic carbocycles. The van der Waals surface area contributed by atoms with Gasteiger partial charge in [-0.1, -0.05) is 23.7 Å². The minimum absolute atomic E-state index is 0.0932. The lowest BCUT2D eigenvalue weighted by Gasteiger charge is -2.17. The average molecular weight is 448 g/mol. The average Bonchev–Trinajstić information content (AvgIpc) is 3.29. The molecule has 0 spiro atoms. The first-order valence-electron chi connectivity index (χ1n) is 7.37. The summed E-state index contributed by atoms with van der Waals surface area (Å²) in [7, 11) is -7.57. The van der Waals surface area contributed by atoms with E-state index in [1.807, 2.05) is 0 Å². The molecule has 1 N–H and O–H groups in total. The van der Waals surface area contributed by atoms with Crippen LogP contribution in [-0.4, -0.2) is 23.4 Å². The van der Waals surface area contributed by atoms with E-state index >= 15 is 0 Å². The Morgan fingerprint density at radius 1 is 0.923 bits per heavy atom.